The number of nitrogens with zero attached hydrogens (tertiary/aromatic N) is 1. The van der Waals surface area contributed by atoms with Crippen LogP contribution in [0.4, 0.5) is 0 Å². The van der Waals surface area contributed by atoms with Crippen molar-refractivity contribution in [2.45, 2.75) is 13.8 Å². The van der Waals surface area contributed by atoms with Crippen LogP contribution in [-0.2, 0) is 0 Å². The predicted molar refractivity (Wildman–Crippen MR) is 101 cm³/mol. The molecule has 0 aliphatic rings. The second-order valence-corrected chi connectivity index (χ2v) is 6.19. The summed E-state index contributed by atoms with van der Waals surface area (Å²) in [4.78, 5) is 16.8. The molecule has 0 aliphatic heterocycles. The average Bonchev–Trinajstić information content (AvgIpc) is 3.03. The highest BCUT2D eigenvalue weighted by atomic mass is 32.1. The molecule has 0 aliphatic carbocycles. The number of aryl methyl sites for hydroxylation is 2. The molecular formula is C19H18N4OS. The van der Waals surface area contributed by atoms with Gasteiger partial charge in [-0.05, 0) is 49.8 Å². The van der Waals surface area contributed by atoms with Crippen molar-refractivity contribution in [1.82, 2.24) is 20.5 Å². The molecule has 0 saturated heterocycles. The number of carbonyl (C=O) groups excluding carboxylic acids is 1. The number of carbonyl (C=O) groups is 1. The summed E-state index contributed by atoms with van der Waals surface area (Å²) in [5.74, 6) is 0.270. The van der Waals surface area contributed by atoms with Crippen molar-refractivity contribution in [2.24, 2.45) is 0 Å². The van der Waals surface area contributed by atoms with Gasteiger partial charge in [0.05, 0.1) is 5.70 Å². The highest BCUT2D eigenvalue weighted by molar-refractivity contribution is 7.71. The molecule has 6 heteroatoms. The van der Waals surface area contributed by atoms with Gasteiger partial charge in [-0.2, -0.15) is 4.98 Å². The third-order valence-corrected chi connectivity index (χ3v) is 3.90. The highest BCUT2D eigenvalue weighted by Gasteiger charge is 2.12. The van der Waals surface area contributed by atoms with Crippen LogP contribution in [-0.4, -0.2) is 21.1 Å². The molecule has 0 fully saturated rings. The van der Waals surface area contributed by atoms with Crippen molar-refractivity contribution in [3.8, 4) is 0 Å². The highest BCUT2D eigenvalue weighted by Crippen LogP contribution is 2.14. The lowest BCUT2D eigenvalue weighted by atomic mass is 10.1. The summed E-state index contributed by atoms with van der Waals surface area (Å²) >= 11 is 5.02. The maximum absolute atomic E-state index is 12.6. The molecule has 3 N–H and O–H groups in total. The van der Waals surface area contributed by atoms with Crippen LogP contribution in [0.15, 0.2) is 48.5 Å². The van der Waals surface area contributed by atoms with Crippen LogP contribution in [0.3, 0.4) is 0 Å². The molecule has 126 valence electrons. The lowest BCUT2D eigenvalue weighted by Gasteiger charge is -2.08. The molecule has 1 amide bonds. The van der Waals surface area contributed by atoms with Gasteiger partial charge < -0.3 is 5.32 Å². The van der Waals surface area contributed by atoms with Gasteiger partial charge in [0.2, 0.25) is 4.77 Å². The number of aromatic amines is 2. The van der Waals surface area contributed by atoms with Gasteiger partial charge in [-0.1, -0.05) is 47.5 Å². The first-order valence-corrected chi connectivity index (χ1v) is 8.23. The Bertz CT molecular complexity index is 966. The van der Waals surface area contributed by atoms with Crippen LogP contribution in [0.1, 0.15) is 32.9 Å². The molecule has 3 aromatic rings. The van der Waals surface area contributed by atoms with Crippen LogP contribution in [0, 0.1) is 18.6 Å². The third-order valence-electron chi connectivity index (χ3n) is 3.71. The number of aromatic nitrogens is 3. The topological polar surface area (TPSA) is 73.6 Å². The van der Waals surface area contributed by atoms with Gasteiger partial charge in [-0.15, -0.1) is 0 Å². The molecule has 2 aromatic carbocycles. The summed E-state index contributed by atoms with van der Waals surface area (Å²) in [5, 5.41) is 8.54. The van der Waals surface area contributed by atoms with E-state index < -0.39 is 0 Å². The average molecular weight is 350 g/mol. The minimum absolute atomic E-state index is 0.208. The fraction of sp³-hybridized carbons (Fsp3) is 0.105. The van der Waals surface area contributed by atoms with Gasteiger partial charge in [0.25, 0.3) is 5.91 Å². The van der Waals surface area contributed by atoms with Crippen molar-refractivity contribution in [2.75, 3.05) is 0 Å². The summed E-state index contributed by atoms with van der Waals surface area (Å²) < 4.78 is 0.328. The van der Waals surface area contributed by atoms with Gasteiger partial charge in [0.15, 0.2) is 5.82 Å². The predicted octanol–water partition coefficient (Wildman–Crippen LogP) is 4.01. The Kier molecular flexibility index (Phi) is 4.90. The summed E-state index contributed by atoms with van der Waals surface area (Å²) in [6.07, 6.45) is 1.85. The van der Waals surface area contributed by atoms with E-state index in [9.17, 15) is 4.79 Å². The number of amides is 1. The van der Waals surface area contributed by atoms with E-state index in [-0.39, 0.29) is 5.91 Å². The second kappa shape index (κ2) is 7.27. The Labute approximate surface area is 150 Å². The quantitative estimate of drug-likeness (QED) is 0.622. The number of hydrogen-bond donors (Lipinski definition) is 3. The fourth-order valence-electron chi connectivity index (χ4n) is 2.29. The van der Waals surface area contributed by atoms with Crippen LogP contribution >= 0.6 is 12.2 Å². The van der Waals surface area contributed by atoms with Gasteiger partial charge in [-0.3, -0.25) is 15.0 Å². The molecule has 0 radical (unpaired) electrons. The van der Waals surface area contributed by atoms with E-state index in [0.717, 1.165) is 11.1 Å². The van der Waals surface area contributed by atoms with Gasteiger partial charge in [-0.25, -0.2) is 0 Å². The number of hydrogen-bond acceptors (Lipinski definition) is 3. The van der Waals surface area contributed by atoms with E-state index in [2.05, 4.69) is 20.5 Å². The molecular weight excluding hydrogens is 332 g/mol. The first-order valence-electron chi connectivity index (χ1n) is 7.83. The lowest BCUT2D eigenvalue weighted by molar-refractivity contribution is 0.0973. The largest absolute Gasteiger partial charge is 0.319 e. The molecule has 0 atom stereocenters. The zero-order chi connectivity index (χ0) is 17.8. The Hall–Kier alpha value is -2.99. The van der Waals surface area contributed by atoms with Crippen molar-refractivity contribution in [3.05, 3.63) is 81.4 Å². The number of benzene rings is 2. The normalized spacial score (nSPS) is 11.4. The van der Waals surface area contributed by atoms with E-state index >= 15 is 0 Å². The zero-order valence-electron chi connectivity index (χ0n) is 14.0. The lowest BCUT2D eigenvalue weighted by Crippen LogP contribution is -2.22. The van der Waals surface area contributed by atoms with Crippen LogP contribution < -0.4 is 5.32 Å². The molecule has 5 nitrogen and oxygen atoms in total. The molecule has 3 rings (SSSR count). The monoisotopic (exact) mass is 350 g/mol. The van der Waals surface area contributed by atoms with Crippen molar-refractivity contribution < 1.29 is 4.79 Å². The SMILES string of the molecule is Cc1ccc(C=C(NC(=O)c2ccc(C)cc2)c2nc(=S)[nH][nH]2)cc1. The Morgan fingerprint density at radius 1 is 1.00 bits per heavy atom. The van der Waals surface area contributed by atoms with E-state index in [0.29, 0.717) is 21.9 Å². The van der Waals surface area contributed by atoms with Crippen LogP contribution in [0.5, 0.6) is 0 Å². The van der Waals surface area contributed by atoms with Crippen molar-refractivity contribution in [1.29, 1.82) is 0 Å². The van der Waals surface area contributed by atoms with E-state index in [1.807, 2.05) is 56.3 Å². The molecule has 0 saturated carbocycles. The van der Waals surface area contributed by atoms with E-state index in [4.69, 9.17) is 12.2 Å². The van der Waals surface area contributed by atoms with Crippen molar-refractivity contribution in [3.63, 3.8) is 0 Å². The van der Waals surface area contributed by atoms with E-state index in [1.54, 1.807) is 12.1 Å². The van der Waals surface area contributed by atoms with Crippen LogP contribution in [0.25, 0.3) is 11.8 Å². The molecule has 0 bridgehead atoms. The molecule has 0 unspecified atom stereocenters. The smallest absolute Gasteiger partial charge is 0.255 e. The van der Waals surface area contributed by atoms with Gasteiger partial charge in [0.1, 0.15) is 0 Å². The summed E-state index contributed by atoms with van der Waals surface area (Å²) in [5.41, 5.74) is 4.34. The summed E-state index contributed by atoms with van der Waals surface area (Å²) in [6, 6.07) is 15.4. The Morgan fingerprint density at radius 2 is 1.60 bits per heavy atom. The second-order valence-electron chi connectivity index (χ2n) is 5.80. The third kappa shape index (κ3) is 4.30. The first kappa shape index (κ1) is 16.9. The minimum atomic E-state index is -0.208. The van der Waals surface area contributed by atoms with Gasteiger partial charge >= 0.3 is 0 Å². The van der Waals surface area contributed by atoms with E-state index in [1.165, 1.54) is 5.56 Å². The summed E-state index contributed by atoms with van der Waals surface area (Å²) in [7, 11) is 0. The zero-order valence-corrected chi connectivity index (χ0v) is 14.8. The Balaban J connectivity index is 1.93. The number of H-pyrrole nitrogens is 2. The molecule has 1 heterocycles. The molecule has 0 spiro atoms. The number of nitrogens with one attached hydrogen (secondary N) is 3. The molecule has 25 heavy (non-hydrogen) atoms. The Morgan fingerprint density at radius 3 is 2.16 bits per heavy atom. The standard InChI is InChI=1S/C19H18N4OS/c1-12-3-7-14(8-4-12)11-16(17-21-19(25)23-22-17)20-18(24)15-9-5-13(2)6-10-15/h3-11H,1-2H3,(H,20,24)(H2,21,22,23,25). The summed E-state index contributed by atoms with van der Waals surface area (Å²) in [6.45, 7) is 4.01. The minimum Gasteiger partial charge on any atom is -0.319 e. The molecule has 1 aromatic heterocycles. The maximum atomic E-state index is 12.6. The van der Waals surface area contributed by atoms with Crippen LogP contribution in [0.2, 0.25) is 0 Å². The van der Waals surface area contributed by atoms with Crippen molar-refractivity contribution >= 4 is 29.9 Å². The van der Waals surface area contributed by atoms with Gasteiger partial charge in [0, 0.05) is 5.56 Å². The fourth-order valence-corrected chi connectivity index (χ4v) is 2.43. The maximum Gasteiger partial charge on any atom is 0.255 e. The first-order chi connectivity index (χ1) is 12.0. The number of rotatable bonds is 4.